The number of phenolic OH excluding ortho intramolecular Hbond substituents is 1. The third kappa shape index (κ3) is 4.15. The lowest BCUT2D eigenvalue weighted by atomic mass is 9.93. The van der Waals surface area contributed by atoms with Crippen molar-refractivity contribution in [3.8, 4) is 5.75 Å². The number of aromatic hydroxyl groups is 1. The van der Waals surface area contributed by atoms with Gasteiger partial charge in [0.1, 0.15) is 5.75 Å². The molecular weight excluding hydrogens is 234 g/mol. The number of benzene rings is 1. The smallest absolute Gasteiger partial charge is 0.117 e. The average Bonchev–Trinajstić information content (AvgIpc) is 2.45. The SMILES string of the molecule is CCCCCN(c1cccc(O)c1)C1CCCCC1. The van der Waals surface area contributed by atoms with Gasteiger partial charge >= 0.3 is 0 Å². The second-order valence-corrected chi connectivity index (χ2v) is 5.71. The van der Waals surface area contributed by atoms with E-state index in [9.17, 15) is 5.11 Å². The summed E-state index contributed by atoms with van der Waals surface area (Å²) in [4.78, 5) is 2.54. The largest absolute Gasteiger partial charge is 0.508 e. The van der Waals surface area contributed by atoms with E-state index in [4.69, 9.17) is 0 Å². The van der Waals surface area contributed by atoms with Gasteiger partial charge in [0.25, 0.3) is 0 Å². The van der Waals surface area contributed by atoms with Crippen LogP contribution in [0, 0.1) is 0 Å². The molecule has 2 rings (SSSR count). The van der Waals surface area contributed by atoms with Crippen LogP contribution in [0.1, 0.15) is 58.3 Å². The van der Waals surface area contributed by atoms with Crippen LogP contribution in [0.25, 0.3) is 0 Å². The summed E-state index contributed by atoms with van der Waals surface area (Å²) in [5.74, 6) is 0.383. The van der Waals surface area contributed by atoms with Crippen molar-refractivity contribution in [1.29, 1.82) is 0 Å². The lowest BCUT2D eigenvalue weighted by Gasteiger charge is -2.36. The molecule has 0 aliphatic heterocycles. The fourth-order valence-corrected chi connectivity index (χ4v) is 3.12. The zero-order valence-corrected chi connectivity index (χ0v) is 12.1. The first-order valence-electron chi connectivity index (χ1n) is 7.87. The quantitative estimate of drug-likeness (QED) is 0.749. The Morgan fingerprint density at radius 2 is 1.95 bits per heavy atom. The highest BCUT2D eigenvalue weighted by Gasteiger charge is 2.21. The van der Waals surface area contributed by atoms with Crippen LogP contribution in [0.3, 0.4) is 0 Å². The molecule has 19 heavy (non-hydrogen) atoms. The molecule has 2 heteroatoms. The third-order valence-corrected chi connectivity index (χ3v) is 4.18. The maximum Gasteiger partial charge on any atom is 0.117 e. The van der Waals surface area contributed by atoms with Crippen molar-refractivity contribution in [2.75, 3.05) is 11.4 Å². The summed E-state index contributed by atoms with van der Waals surface area (Å²) < 4.78 is 0. The van der Waals surface area contributed by atoms with E-state index >= 15 is 0 Å². The lowest BCUT2D eigenvalue weighted by Crippen LogP contribution is -2.37. The highest BCUT2D eigenvalue weighted by molar-refractivity contribution is 5.51. The molecule has 1 saturated carbocycles. The van der Waals surface area contributed by atoms with Gasteiger partial charge < -0.3 is 10.0 Å². The Balaban J connectivity index is 2.08. The summed E-state index contributed by atoms with van der Waals surface area (Å²) in [6.45, 7) is 3.38. The maximum atomic E-state index is 9.71. The number of anilines is 1. The van der Waals surface area contributed by atoms with Gasteiger partial charge in [0, 0.05) is 24.3 Å². The van der Waals surface area contributed by atoms with Gasteiger partial charge in [-0.3, -0.25) is 0 Å². The minimum atomic E-state index is 0.383. The summed E-state index contributed by atoms with van der Waals surface area (Å²) >= 11 is 0. The van der Waals surface area contributed by atoms with E-state index in [1.165, 1.54) is 57.1 Å². The van der Waals surface area contributed by atoms with Gasteiger partial charge in [-0.05, 0) is 31.4 Å². The first-order valence-corrected chi connectivity index (χ1v) is 7.87. The summed E-state index contributed by atoms with van der Waals surface area (Å²) in [5.41, 5.74) is 1.20. The molecule has 1 aliphatic carbocycles. The molecule has 1 N–H and O–H groups in total. The Morgan fingerprint density at radius 1 is 1.16 bits per heavy atom. The minimum Gasteiger partial charge on any atom is -0.508 e. The molecule has 0 aromatic heterocycles. The van der Waals surface area contributed by atoms with Crippen LogP contribution in [0.5, 0.6) is 5.75 Å². The van der Waals surface area contributed by atoms with Crippen LogP contribution in [0.4, 0.5) is 5.69 Å². The summed E-state index contributed by atoms with van der Waals surface area (Å²) in [6, 6.07) is 8.45. The van der Waals surface area contributed by atoms with Crippen LogP contribution in [-0.4, -0.2) is 17.7 Å². The van der Waals surface area contributed by atoms with E-state index in [2.05, 4.69) is 17.9 Å². The Kier molecular flexibility index (Phi) is 5.56. The molecule has 106 valence electrons. The number of rotatable bonds is 6. The molecule has 1 aromatic carbocycles. The second kappa shape index (κ2) is 7.42. The van der Waals surface area contributed by atoms with Gasteiger partial charge in [-0.15, -0.1) is 0 Å². The van der Waals surface area contributed by atoms with E-state index in [-0.39, 0.29) is 0 Å². The molecule has 0 saturated heterocycles. The van der Waals surface area contributed by atoms with Crippen LogP contribution in [0.2, 0.25) is 0 Å². The van der Waals surface area contributed by atoms with Crippen LogP contribution >= 0.6 is 0 Å². The predicted octanol–water partition coefficient (Wildman–Crippen LogP) is 4.72. The summed E-state index contributed by atoms with van der Waals surface area (Å²) in [7, 11) is 0. The molecule has 0 heterocycles. The molecule has 0 amide bonds. The Hall–Kier alpha value is -1.18. The predicted molar refractivity (Wildman–Crippen MR) is 81.9 cm³/mol. The summed E-state index contributed by atoms with van der Waals surface area (Å²) in [6.07, 6.45) is 10.5. The normalized spacial score (nSPS) is 16.5. The molecule has 0 spiro atoms. The van der Waals surface area contributed by atoms with Crippen molar-refractivity contribution < 1.29 is 5.11 Å². The van der Waals surface area contributed by atoms with Gasteiger partial charge in [-0.25, -0.2) is 0 Å². The monoisotopic (exact) mass is 261 g/mol. The number of nitrogens with zero attached hydrogens (tertiary/aromatic N) is 1. The second-order valence-electron chi connectivity index (χ2n) is 5.71. The highest BCUT2D eigenvalue weighted by Crippen LogP contribution is 2.29. The van der Waals surface area contributed by atoms with Crippen LogP contribution < -0.4 is 4.90 Å². The van der Waals surface area contributed by atoms with Gasteiger partial charge in [-0.1, -0.05) is 45.1 Å². The Bertz CT molecular complexity index is 371. The Labute approximate surface area is 117 Å². The molecule has 1 aromatic rings. The lowest BCUT2D eigenvalue weighted by molar-refractivity contribution is 0.410. The van der Waals surface area contributed by atoms with Gasteiger partial charge in [0.15, 0.2) is 0 Å². The maximum absolute atomic E-state index is 9.71. The van der Waals surface area contributed by atoms with E-state index in [1.807, 2.05) is 12.1 Å². The molecule has 0 unspecified atom stereocenters. The molecule has 2 nitrogen and oxygen atoms in total. The highest BCUT2D eigenvalue weighted by atomic mass is 16.3. The van der Waals surface area contributed by atoms with Crippen molar-refractivity contribution in [3.05, 3.63) is 24.3 Å². The van der Waals surface area contributed by atoms with Crippen LogP contribution in [-0.2, 0) is 0 Å². The standard InChI is InChI=1S/C17H27NO/c1-2-3-7-13-18(15-9-5-4-6-10-15)16-11-8-12-17(19)14-16/h8,11-12,14-15,19H,2-7,9-10,13H2,1H3. The average molecular weight is 261 g/mol. The third-order valence-electron chi connectivity index (χ3n) is 4.18. The van der Waals surface area contributed by atoms with Crippen molar-refractivity contribution >= 4 is 5.69 Å². The molecule has 0 atom stereocenters. The Morgan fingerprint density at radius 3 is 2.63 bits per heavy atom. The molecule has 1 fully saturated rings. The molecule has 1 aliphatic rings. The number of hydrogen-bond acceptors (Lipinski definition) is 2. The van der Waals surface area contributed by atoms with Crippen LogP contribution in [0.15, 0.2) is 24.3 Å². The van der Waals surface area contributed by atoms with Crippen molar-refractivity contribution in [2.45, 2.75) is 64.3 Å². The topological polar surface area (TPSA) is 23.5 Å². The minimum absolute atomic E-state index is 0.383. The van der Waals surface area contributed by atoms with Gasteiger partial charge in [0.2, 0.25) is 0 Å². The van der Waals surface area contributed by atoms with E-state index in [0.717, 1.165) is 6.54 Å². The van der Waals surface area contributed by atoms with Crippen molar-refractivity contribution in [2.24, 2.45) is 0 Å². The van der Waals surface area contributed by atoms with Gasteiger partial charge in [-0.2, -0.15) is 0 Å². The molecule has 0 bridgehead atoms. The first kappa shape index (κ1) is 14.2. The number of unbranched alkanes of at least 4 members (excludes halogenated alkanes) is 2. The van der Waals surface area contributed by atoms with E-state index < -0.39 is 0 Å². The summed E-state index contributed by atoms with van der Waals surface area (Å²) in [5, 5.41) is 9.71. The zero-order chi connectivity index (χ0) is 13.5. The zero-order valence-electron chi connectivity index (χ0n) is 12.1. The van der Waals surface area contributed by atoms with Gasteiger partial charge in [0.05, 0.1) is 0 Å². The fraction of sp³-hybridized carbons (Fsp3) is 0.647. The first-order chi connectivity index (χ1) is 9.31. The molecular formula is C17H27NO. The number of hydrogen-bond donors (Lipinski definition) is 1. The number of phenols is 1. The van der Waals surface area contributed by atoms with Crippen molar-refractivity contribution in [1.82, 2.24) is 0 Å². The molecule has 0 radical (unpaired) electrons. The fourth-order valence-electron chi connectivity index (χ4n) is 3.12. The van der Waals surface area contributed by atoms with E-state index in [0.29, 0.717) is 11.8 Å². The van der Waals surface area contributed by atoms with Crippen molar-refractivity contribution in [3.63, 3.8) is 0 Å². The van der Waals surface area contributed by atoms with E-state index in [1.54, 1.807) is 6.07 Å².